The van der Waals surface area contributed by atoms with Crippen LogP contribution in [0.5, 0.6) is 0 Å². The largest absolute Gasteiger partial charge is 0.456 e. The second kappa shape index (κ2) is 7.89. The van der Waals surface area contributed by atoms with Gasteiger partial charge in [0.1, 0.15) is 16.7 Å². The Bertz CT molecular complexity index is 1840. The summed E-state index contributed by atoms with van der Waals surface area (Å²) in [5, 5.41) is 2.26. The average Bonchev–Trinajstić information content (AvgIpc) is 3.32. The van der Waals surface area contributed by atoms with Gasteiger partial charge in [-0.05, 0) is 35.4 Å². The van der Waals surface area contributed by atoms with Gasteiger partial charge in [0.25, 0.3) is 0 Å². The number of benzene rings is 4. The highest BCUT2D eigenvalue weighted by molar-refractivity contribution is 6.12. The first kappa shape index (κ1) is 19.6. The Labute approximate surface area is 201 Å². The Morgan fingerprint density at radius 2 is 1.23 bits per heavy atom. The quantitative estimate of drug-likeness (QED) is 0.275. The summed E-state index contributed by atoms with van der Waals surface area (Å²) in [6.45, 7) is 0. The van der Waals surface area contributed by atoms with Gasteiger partial charge in [-0.25, -0.2) is 15.0 Å². The Balaban J connectivity index is 1.40. The number of hydrogen-bond acceptors (Lipinski definition) is 4. The number of rotatable bonds is 3. The zero-order valence-electron chi connectivity index (χ0n) is 18.7. The molecule has 0 fully saturated rings. The molecule has 0 saturated carbocycles. The van der Waals surface area contributed by atoms with Crippen molar-refractivity contribution in [3.05, 3.63) is 115 Å². The molecule has 3 heterocycles. The third kappa shape index (κ3) is 3.27. The van der Waals surface area contributed by atoms with E-state index in [1.807, 2.05) is 54.6 Å². The summed E-state index contributed by atoms with van der Waals surface area (Å²) >= 11 is 0. The Hall–Kier alpha value is -4.83. The first-order valence-electron chi connectivity index (χ1n) is 11.5. The Morgan fingerprint density at radius 3 is 2.11 bits per heavy atom. The van der Waals surface area contributed by atoms with Crippen LogP contribution in [-0.2, 0) is 0 Å². The van der Waals surface area contributed by atoms with Crippen LogP contribution in [0.4, 0.5) is 0 Å². The predicted molar refractivity (Wildman–Crippen MR) is 141 cm³/mol. The molecule has 4 heteroatoms. The highest BCUT2D eigenvalue weighted by atomic mass is 16.3. The van der Waals surface area contributed by atoms with Crippen LogP contribution in [0.2, 0.25) is 0 Å². The van der Waals surface area contributed by atoms with E-state index < -0.39 is 0 Å². The molecule has 0 saturated heterocycles. The highest BCUT2D eigenvalue weighted by Crippen LogP contribution is 2.37. The van der Waals surface area contributed by atoms with Crippen LogP contribution in [0.1, 0.15) is 0 Å². The fourth-order valence-electron chi connectivity index (χ4n) is 4.72. The van der Waals surface area contributed by atoms with Crippen molar-refractivity contribution < 1.29 is 4.42 Å². The van der Waals surface area contributed by atoms with Gasteiger partial charge in [-0.3, -0.25) is 0 Å². The molecule has 3 aromatic heterocycles. The number of para-hydroxylation sites is 1. The summed E-state index contributed by atoms with van der Waals surface area (Å²) in [6.07, 6.45) is 1.75. The Morgan fingerprint density at radius 1 is 0.514 bits per heavy atom. The lowest BCUT2D eigenvalue weighted by molar-refractivity contribution is 0.669. The van der Waals surface area contributed by atoms with Crippen molar-refractivity contribution in [2.75, 3.05) is 0 Å². The highest BCUT2D eigenvalue weighted by Gasteiger charge is 2.15. The Kier molecular flexibility index (Phi) is 4.42. The van der Waals surface area contributed by atoms with Crippen molar-refractivity contribution in [1.82, 2.24) is 15.0 Å². The SMILES string of the molecule is c1ccc(-c2nc3ncccc3nc2-c2ccc(-c3cccc4oc5ccccc5c34)cc2)cc1. The summed E-state index contributed by atoms with van der Waals surface area (Å²) < 4.78 is 6.09. The van der Waals surface area contributed by atoms with E-state index in [9.17, 15) is 0 Å². The number of pyridine rings is 1. The number of nitrogens with zero attached hydrogens (tertiary/aromatic N) is 3. The van der Waals surface area contributed by atoms with E-state index in [0.717, 1.165) is 61.1 Å². The molecule has 35 heavy (non-hydrogen) atoms. The van der Waals surface area contributed by atoms with Crippen molar-refractivity contribution in [1.29, 1.82) is 0 Å². The molecule has 0 spiro atoms. The van der Waals surface area contributed by atoms with Gasteiger partial charge in [0.15, 0.2) is 5.65 Å². The predicted octanol–water partition coefficient (Wildman–Crippen LogP) is 7.93. The van der Waals surface area contributed by atoms with Gasteiger partial charge in [-0.1, -0.05) is 84.9 Å². The first-order chi connectivity index (χ1) is 17.3. The van der Waals surface area contributed by atoms with Gasteiger partial charge in [0, 0.05) is 28.1 Å². The summed E-state index contributed by atoms with van der Waals surface area (Å²) in [4.78, 5) is 14.3. The van der Waals surface area contributed by atoms with E-state index in [-0.39, 0.29) is 0 Å². The van der Waals surface area contributed by atoms with Crippen LogP contribution in [0.3, 0.4) is 0 Å². The molecule has 4 aromatic carbocycles. The standard InChI is InChI=1S/C31H19N3O/c1-2-8-21(9-3-1)30-29(33-25-12-7-19-32-31(25)34-30)22-17-15-20(16-18-22)23-11-6-14-27-28(23)24-10-4-5-13-26(24)35-27/h1-19H. The van der Waals surface area contributed by atoms with E-state index in [1.54, 1.807) is 6.20 Å². The second-order valence-corrected chi connectivity index (χ2v) is 8.49. The van der Waals surface area contributed by atoms with Crippen molar-refractivity contribution in [3.8, 4) is 33.6 Å². The molecule has 0 amide bonds. The fraction of sp³-hybridized carbons (Fsp3) is 0. The lowest BCUT2D eigenvalue weighted by atomic mass is 9.97. The third-order valence-electron chi connectivity index (χ3n) is 6.36. The first-order valence-corrected chi connectivity index (χ1v) is 11.5. The van der Waals surface area contributed by atoms with Crippen molar-refractivity contribution in [2.24, 2.45) is 0 Å². The van der Waals surface area contributed by atoms with Gasteiger partial charge in [-0.15, -0.1) is 0 Å². The minimum atomic E-state index is 0.644. The fourth-order valence-corrected chi connectivity index (χ4v) is 4.72. The van der Waals surface area contributed by atoms with Crippen LogP contribution in [0, 0.1) is 0 Å². The van der Waals surface area contributed by atoms with Crippen LogP contribution in [0.25, 0.3) is 66.7 Å². The maximum Gasteiger partial charge on any atom is 0.178 e. The van der Waals surface area contributed by atoms with Gasteiger partial charge >= 0.3 is 0 Å². The van der Waals surface area contributed by atoms with Crippen molar-refractivity contribution in [3.63, 3.8) is 0 Å². The minimum absolute atomic E-state index is 0.644. The molecule has 164 valence electrons. The van der Waals surface area contributed by atoms with Crippen molar-refractivity contribution >= 4 is 33.1 Å². The normalized spacial score (nSPS) is 11.4. The number of hydrogen-bond donors (Lipinski definition) is 0. The smallest absolute Gasteiger partial charge is 0.178 e. The zero-order chi connectivity index (χ0) is 23.2. The molecule has 0 N–H and O–H groups in total. The van der Waals surface area contributed by atoms with Gasteiger partial charge in [-0.2, -0.15) is 0 Å². The molecular weight excluding hydrogens is 430 g/mol. The number of furan rings is 1. The molecule has 0 bridgehead atoms. The van der Waals surface area contributed by atoms with Gasteiger partial charge in [0.05, 0.1) is 11.4 Å². The van der Waals surface area contributed by atoms with Crippen LogP contribution < -0.4 is 0 Å². The summed E-state index contributed by atoms with van der Waals surface area (Å²) in [7, 11) is 0. The summed E-state index contributed by atoms with van der Waals surface area (Å²) in [5.74, 6) is 0. The number of aromatic nitrogens is 3. The topological polar surface area (TPSA) is 51.8 Å². The monoisotopic (exact) mass is 449 g/mol. The minimum Gasteiger partial charge on any atom is -0.456 e. The average molecular weight is 450 g/mol. The maximum atomic E-state index is 6.09. The molecule has 7 aromatic rings. The van der Waals surface area contributed by atoms with E-state index in [0.29, 0.717) is 5.65 Å². The lowest BCUT2D eigenvalue weighted by Crippen LogP contribution is -1.96. The summed E-state index contributed by atoms with van der Waals surface area (Å²) in [6, 6.07) is 36.9. The number of fused-ring (bicyclic) bond motifs is 4. The van der Waals surface area contributed by atoms with Gasteiger partial charge < -0.3 is 4.42 Å². The lowest BCUT2D eigenvalue weighted by Gasteiger charge is -2.11. The van der Waals surface area contributed by atoms with Crippen LogP contribution >= 0.6 is 0 Å². The van der Waals surface area contributed by atoms with Crippen LogP contribution in [0.15, 0.2) is 120 Å². The molecule has 0 unspecified atom stereocenters. The van der Waals surface area contributed by atoms with E-state index in [4.69, 9.17) is 14.4 Å². The maximum absolute atomic E-state index is 6.09. The molecule has 0 aliphatic heterocycles. The molecular formula is C31H19N3O. The second-order valence-electron chi connectivity index (χ2n) is 8.49. The molecule has 0 aliphatic rings. The summed E-state index contributed by atoms with van der Waals surface area (Å²) in [5.41, 5.74) is 9.19. The molecule has 0 aliphatic carbocycles. The van der Waals surface area contributed by atoms with E-state index in [2.05, 4.69) is 59.6 Å². The van der Waals surface area contributed by atoms with Crippen LogP contribution in [-0.4, -0.2) is 15.0 Å². The molecule has 7 rings (SSSR count). The van der Waals surface area contributed by atoms with Crippen molar-refractivity contribution in [2.45, 2.75) is 0 Å². The van der Waals surface area contributed by atoms with E-state index >= 15 is 0 Å². The van der Waals surface area contributed by atoms with E-state index in [1.165, 1.54) is 0 Å². The molecule has 0 atom stereocenters. The molecule has 4 nitrogen and oxygen atoms in total. The third-order valence-corrected chi connectivity index (χ3v) is 6.36. The van der Waals surface area contributed by atoms with Gasteiger partial charge in [0.2, 0.25) is 0 Å². The molecule has 0 radical (unpaired) electrons. The zero-order valence-corrected chi connectivity index (χ0v) is 18.7.